The Hall–Kier alpha value is -1.88. The van der Waals surface area contributed by atoms with Crippen molar-refractivity contribution in [3.8, 4) is 0 Å². The van der Waals surface area contributed by atoms with Crippen molar-refractivity contribution in [2.45, 2.75) is 31.7 Å². The second-order valence-electron chi connectivity index (χ2n) is 6.14. The van der Waals surface area contributed by atoms with Crippen molar-refractivity contribution >= 4 is 11.8 Å². The predicted molar refractivity (Wildman–Crippen MR) is 86.7 cm³/mol. The molecule has 120 valence electrons. The first-order valence-corrected chi connectivity index (χ1v) is 7.85. The maximum absolute atomic E-state index is 12.3. The first-order valence-electron chi connectivity index (χ1n) is 7.85. The molecule has 0 spiro atoms. The van der Waals surface area contributed by atoms with E-state index in [2.05, 4.69) is 5.32 Å². The molecule has 2 unspecified atom stereocenters. The van der Waals surface area contributed by atoms with Gasteiger partial charge in [0.05, 0.1) is 0 Å². The number of amides is 2. The van der Waals surface area contributed by atoms with Crippen LogP contribution in [0.4, 0.5) is 0 Å². The van der Waals surface area contributed by atoms with Gasteiger partial charge in [0.2, 0.25) is 0 Å². The molecule has 0 saturated heterocycles. The second-order valence-corrected chi connectivity index (χ2v) is 6.14. The molecule has 0 aliphatic heterocycles. The van der Waals surface area contributed by atoms with Crippen molar-refractivity contribution in [3.05, 3.63) is 35.4 Å². The van der Waals surface area contributed by atoms with E-state index in [0.29, 0.717) is 23.6 Å². The molecular weight excluding hydrogens is 278 g/mol. The van der Waals surface area contributed by atoms with Gasteiger partial charge >= 0.3 is 0 Å². The summed E-state index contributed by atoms with van der Waals surface area (Å²) < 4.78 is 0. The molecule has 1 fully saturated rings. The van der Waals surface area contributed by atoms with Gasteiger partial charge in [-0.2, -0.15) is 0 Å². The van der Waals surface area contributed by atoms with E-state index in [0.717, 1.165) is 19.3 Å². The average Bonchev–Trinajstić information content (AvgIpc) is 2.54. The Morgan fingerprint density at radius 3 is 2.32 bits per heavy atom. The molecule has 2 rings (SSSR count). The maximum Gasteiger partial charge on any atom is 0.253 e. The molecule has 0 bridgehead atoms. The predicted octanol–water partition coefficient (Wildman–Crippen LogP) is 1.64. The van der Waals surface area contributed by atoms with Crippen molar-refractivity contribution in [2.24, 2.45) is 11.7 Å². The van der Waals surface area contributed by atoms with Crippen LogP contribution >= 0.6 is 0 Å². The van der Waals surface area contributed by atoms with Gasteiger partial charge in [-0.1, -0.05) is 12.8 Å². The maximum atomic E-state index is 12.3. The minimum atomic E-state index is -0.0887. The Morgan fingerprint density at radius 1 is 1.14 bits per heavy atom. The molecule has 22 heavy (non-hydrogen) atoms. The highest BCUT2D eigenvalue weighted by Gasteiger charge is 2.25. The van der Waals surface area contributed by atoms with Gasteiger partial charge < -0.3 is 16.0 Å². The van der Waals surface area contributed by atoms with Gasteiger partial charge in [-0.15, -0.1) is 0 Å². The normalized spacial score (nSPS) is 21.2. The van der Waals surface area contributed by atoms with Gasteiger partial charge in [0.1, 0.15) is 0 Å². The molecule has 1 aromatic carbocycles. The Morgan fingerprint density at radius 2 is 1.73 bits per heavy atom. The van der Waals surface area contributed by atoms with Crippen molar-refractivity contribution in [2.75, 3.05) is 20.6 Å². The fourth-order valence-electron chi connectivity index (χ4n) is 2.95. The lowest BCUT2D eigenvalue weighted by Gasteiger charge is -2.31. The van der Waals surface area contributed by atoms with Crippen molar-refractivity contribution < 1.29 is 9.59 Å². The molecule has 1 aliphatic carbocycles. The van der Waals surface area contributed by atoms with Gasteiger partial charge in [0.15, 0.2) is 0 Å². The molecule has 0 aromatic heterocycles. The van der Waals surface area contributed by atoms with Gasteiger partial charge in [-0.05, 0) is 49.6 Å². The first-order chi connectivity index (χ1) is 10.5. The van der Waals surface area contributed by atoms with E-state index in [1.165, 1.54) is 11.3 Å². The van der Waals surface area contributed by atoms with Crippen LogP contribution in [-0.2, 0) is 0 Å². The number of nitrogens with two attached hydrogens (primary N) is 1. The number of carbonyl (C=O) groups is 2. The number of nitrogens with zero attached hydrogens (tertiary/aromatic N) is 1. The highest BCUT2D eigenvalue weighted by atomic mass is 16.2. The Balaban J connectivity index is 2.02. The summed E-state index contributed by atoms with van der Waals surface area (Å²) in [7, 11) is 3.41. The van der Waals surface area contributed by atoms with Crippen LogP contribution in [0.2, 0.25) is 0 Å². The average molecular weight is 303 g/mol. The summed E-state index contributed by atoms with van der Waals surface area (Å²) in [5.74, 6) is 0.212. The summed E-state index contributed by atoms with van der Waals surface area (Å²) in [6.45, 7) is 0.612. The van der Waals surface area contributed by atoms with Crippen LogP contribution in [0.25, 0.3) is 0 Å². The largest absolute Gasteiger partial charge is 0.349 e. The van der Waals surface area contributed by atoms with Gasteiger partial charge in [0, 0.05) is 31.3 Å². The first kappa shape index (κ1) is 16.5. The lowest BCUT2D eigenvalue weighted by Crippen LogP contribution is -2.44. The van der Waals surface area contributed by atoms with E-state index in [1.54, 1.807) is 38.4 Å². The summed E-state index contributed by atoms with van der Waals surface area (Å²) >= 11 is 0. The van der Waals surface area contributed by atoms with Crippen molar-refractivity contribution in [1.82, 2.24) is 10.2 Å². The molecule has 3 N–H and O–H groups in total. The van der Waals surface area contributed by atoms with E-state index in [1.807, 2.05) is 0 Å². The molecule has 0 heterocycles. The van der Waals surface area contributed by atoms with Crippen molar-refractivity contribution in [1.29, 1.82) is 0 Å². The zero-order valence-electron chi connectivity index (χ0n) is 13.3. The quantitative estimate of drug-likeness (QED) is 0.888. The SMILES string of the molecule is CN(C)C(=O)c1ccc(C(=O)NC2CCCCC2CN)cc1. The second kappa shape index (κ2) is 7.40. The summed E-state index contributed by atoms with van der Waals surface area (Å²) in [6.07, 6.45) is 4.40. The molecule has 2 amide bonds. The monoisotopic (exact) mass is 303 g/mol. The topological polar surface area (TPSA) is 75.4 Å². The molecule has 2 atom stereocenters. The minimum absolute atomic E-state index is 0.0672. The van der Waals surface area contributed by atoms with Gasteiger partial charge in [-0.3, -0.25) is 9.59 Å². The summed E-state index contributed by atoms with van der Waals surface area (Å²) in [4.78, 5) is 25.7. The molecule has 5 heteroatoms. The minimum Gasteiger partial charge on any atom is -0.349 e. The third-order valence-electron chi connectivity index (χ3n) is 4.33. The summed E-state index contributed by atoms with van der Waals surface area (Å²) in [5, 5.41) is 3.09. The van der Waals surface area contributed by atoms with Crippen LogP contribution in [0.1, 0.15) is 46.4 Å². The Bertz CT molecular complexity index is 525. The zero-order valence-corrected chi connectivity index (χ0v) is 13.3. The molecular formula is C17H25N3O2. The van der Waals surface area contributed by atoms with E-state index in [4.69, 9.17) is 5.73 Å². The van der Waals surface area contributed by atoms with Crippen LogP contribution in [0, 0.1) is 5.92 Å². The number of rotatable bonds is 4. The number of hydrogen-bond acceptors (Lipinski definition) is 3. The number of hydrogen-bond donors (Lipinski definition) is 2. The highest BCUT2D eigenvalue weighted by molar-refractivity contribution is 5.97. The molecule has 5 nitrogen and oxygen atoms in total. The van der Waals surface area contributed by atoms with Gasteiger partial charge in [0.25, 0.3) is 11.8 Å². The fraction of sp³-hybridized carbons (Fsp3) is 0.529. The third-order valence-corrected chi connectivity index (χ3v) is 4.33. The van der Waals surface area contributed by atoms with Crippen LogP contribution in [0.3, 0.4) is 0 Å². The highest BCUT2D eigenvalue weighted by Crippen LogP contribution is 2.23. The van der Waals surface area contributed by atoms with E-state index in [9.17, 15) is 9.59 Å². The Kier molecular flexibility index (Phi) is 5.55. The van der Waals surface area contributed by atoms with Crippen LogP contribution < -0.4 is 11.1 Å². The van der Waals surface area contributed by atoms with Crippen LogP contribution in [0.5, 0.6) is 0 Å². The molecule has 1 saturated carbocycles. The summed E-state index contributed by atoms with van der Waals surface area (Å²) in [6, 6.07) is 6.95. The van der Waals surface area contributed by atoms with E-state index in [-0.39, 0.29) is 17.9 Å². The van der Waals surface area contributed by atoms with Gasteiger partial charge in [-0.25, -0.2) is 0 Å². The van der Waals surface area contributed by atoms with Crippen molar-refractivity contribution in [3.63, 3.8) is 0 Å². The number of nitrogens with one attached hydrogen (secondary N) is 1. The lowest BCUT2D eigenvalue weighted by molar-refractivity contribution is 0.0826. The number of benzene rings is 1. The third kappa shape index (κ3) is 3.85. The lowest BCUT2D eigenvalue weighted by atomic mass is 9.84. The Labute approximate surface area is 131 Å². The standard InChI is InChI=1S/C17H25N3O2/c1-20(2)17(22)13-9-7-12(8-10-13)16(21)19-15-6-4-3-5-14(15)11-18/h7-10,14-15H,3-6,11,18H2,1-2H3,(H,19,21). The smallest absolute Gasteiger partial charge is 0.253 e. The number of carbonyl (C=O) groups excluding carboxylic acids is 2. The molecule has 1 aliphatic rings. The molecule has 0 radical (unpaired) electrons. The summed E-state index contributed by atoms with van der Waals surface area (Å²) in [5.41, 5.74) is 6.96. The van der Waals surface area contributed by atoms with E-state index < -0.39 is 0 Å². The molecule has 1 aromatic rings. The zero-order chi connectivity index (χ0) is 16.1. The van der Waals surface area contributed by atoms with Crippen LogP contribution in [0.15, 0.2) is 24.3 Å². The van der Waals surface area contributed by atoms with E-state index >= 15 is 0 Å². The van der Waals surface area contributed by atoms with Crippen LogP contribution in [-0.4, -0.2) is 43.4 Å². The fourth-order valence-corrected chi connectivity index (χ4v) is 2.95.